The van der Waals surface area contributed by atoms with Gasteiger partial charge in [-0.15, -0.1) is 0 Å². The SMILES string of the molecule is CC(C)CNCc1cc(-c2cccc([N+](=O)[O-])c2)n[nH]c1=O. The molecule has 0 saturated heterocycles. The number of nitrogens with one attached hydrogen (secondary N) is 2. The van der Waals surface area contributed by atoms with Crippen LogP contribution in [0.25, 0.3) is 11.3 Å². The number of benzene rings is 1. The molecule has 2 aromatic rings. The summed E-state index contributed by atoms with van der Waals surface area (Å²) in [5.74, 6) is 0.483. The molecule has 22 heavy (non-hydrogen) atoms. The third-order valence-corrected chi connectivity index (χ3v) is 3.10. The van der Waals surface area contributed by atoms with E-state index >= 15 is 0 Å². The molecular weight excluding hydrogens is 284 g/mol. The van der Waals surface area contributed by atoms with Gasteiger partial charge in [-0.3, -0.25) is 14.9 Å². The molecule has 0 radical (unpaired) electrons. The van der Waals surface area contributed by atoms with Crippen molar-refractivity contribution in [3.8, 4) is 11.3 Å². The van der Waals surface area contributed by atoms with Crippen LogP contribution in [0.5, 0.6) is 0 Å². The Balaban J connectivity index is 2.27. The topological polar surface area (TPSA) is 101 Å². The van der Waals surface area contributed by atoms with Gasteiger partial charge in [-0.1, -0.05) is 26.0 Å². The van der Waals surface area contributed by atoms with E-state index in [1.54, 1.807) is 18.2 Å². The maximum absolute atomic E-state index is 11.8. The van der Waals surface area contributed by atoms with Gasteiger partial charge in [0.1, 0.15) is 0 Å². The zero-order valence-corrected chi connectivity index (χ0v) is 12.5. The van der Waals surface area contributed by atoms with E-state index in [-0.39, 0.29) is 11.2 Å². The first kappa shape index (κ1) is 15.8. The molecule has 7 nitrogen and oxygen atoms in total. The standard InChI is InChI=1S/C15H18N4O3/c1-10(2)8-16-9-12-7-14(17-18-15(12)20)11-4-3-5-13(6-11)19(21)22/h3-7,10,16H,8-9H2,1-2H3,(H,18,20). The molecule has 7 heteroatoms. The molecule has 1 aromatic carbocycles. The van der Waals surface area contributed by atoms with Crippen molar-refractivity contribution < 1.29 is 4.92 Å². The number of nitrogens with zero attached hydrogens (tertiary/aromatic N) is 2. The minimum absolute atomic E-state index is 0.00928. The molecule has 0 aliphatic heterocycles. The van der Waals surface area contributed by atoms with Crippen molar-refractivity contribution in [3.05, 3.63) is 56.4 Å². The van der Waals surface area contributed by atoms with Crippen LogP contribution in [-0.2, 0) is 6.54 Å². The second-order valence-corrected chi connectivity index (χ2v) is 5.44. The number of H-pyrrole nitrogens is 1. The van der Waals surface area contributed by atoms with E-state index in [0.717, 1.165) is 6.54 Å². The summed E-state index contributed by atoms with van der Waals surface area (Å²) >= 11 is 0. The van der Waals surface area contributed by atoms with Crippen LogP contribution in [0.1, 0.15) is 19.4 Å². The van der Waals surface area contributed by atoms with Crippen molar-refractivity contribution in [1.29, 1.82) is 0 Å². The molecule has 0 unspecified atom stereocenters. The molecule has 0 fully saturated rings. The Labute approximate surface area is 127 Å². The smallest absolute Gasteiger partial charge is 0.270 e. The molecule has 2 rings (SSSR count). The molecule has 116 valence electrons. The van der Waals surface area contributed by atoms with Crippen molar-refractivity contribution in [2.24, 2.45) is 5.92 Å². The van der Waals surface area contributed by atoms with E-state index in [9.17, 15) is 14.9 Å². The van der Waals surface area contributed by atoms with Crippen LogP contribution in [0.15, 0.2) is 35.1 Å². The highest BCUT2D eigenvalue weighted by molar-refractivity contribution is 5.62. The maximum atomic E-state index is 11.8. The van der Waals surface area contributed by atoms with Gasteiger partial charge in [0.25, 0.3) is 11.2 Å². The number of nitro benzene ring substituents is 1. The van der Waals surface area contributed by atoms with Gasteiger partial charge >= 0.3 is 0 Å². The van der Waals surface area contributed by atoms with Crippen LogP contribution in [0, 0.1) is 16.0 Å². The minimum Gasteiger partial charge on any atom is -0.312 e. The van der Waals surface area contributed by atoms with Gasteiger partial charge in [0, 0.05) is 29.8 Å². The number of hydrogen-bond donors (Lipinski definition) is 2. The van der Waals surface area contributed by atoms with Crippen LogP contribution >= 0.6 is 0 Å². The average molecular weight is 302 g/mol. The van der Waals surface area contributed by atoms with Gasteiger partial charge < -0.3 is 5.32 Å². The van der Waals surface area contributed by atoms with Crippen LogP contribution in [0.3, 0.4) is 0 Å². The monoisotopic (exact) mass is 302 g/mol. The highest BCUT2D eigenvalue weighted by atomic mass is 16.6. The van der Waals surface area contributed by atoms with E-state index < -0.39 is 4.92 Å². The second kappa shape index (κ2) is 6.95. The lowest BCUT2D eigenvalue weighted by molar-refractivity contribution is -0.384. The number of nitro groups is 1. The van der Waals surface area contributed by atoms with Crippen LogP contribution in [0.4, 0.5) is 5.69 Å². The molecule has 0 spiro atoms. The fourth-order valence-electron chi connectivity index (χ4n) is 2.00. The quantitative estimate of drug-likeness (QED) is 0.628. The highest BCUT2D eigenvalue weighted by Crippen LogP contribution is 2.21. The number of non-ortho nitro benzene ring substituents is 1. The third kappa shape index (κ3) is 3.98. The van der Waals surface area contributed by atoms with Crippen LogP contribution in [0.2, 0.25) is 0 Å². The summed E-state index contributed by atoms with van der Waals surface area (Å²) in [6, 6.07) is 7.83. The molecule has 0 bridgehead atoms. The molecule has 0 aliphatic carbocycles. The van der Waals surface area contributed by atoms with Crippen molar-refractivity contribution in [2.75, 3.05) is 6.54 Å². The number of hydrogen-bond acceptors (Lipinski definition) is 5. The van der Waals surface area contributed by atoms with Crippen LogP contribution < -0.4 is 10.9 Å². The van der Waals surface area contributed by atoms with Gasteiger partial charge in [0.2, 0.25) is 0 Å². The van der Waals surface area contributed by atoms with E-state index in [4.69, 9.17) is 0 Å². The lowest BCUT2D eigenvalue weighted by atomic mass is 10.1. The fraction of sp³-hybridized carbons (Fsp3) is 0.333. The normalized spacial score (nSPS) is 10.9. The minimum atomic E-state index is -0.458. The lowest BCUT2D eigenvalue weighted by Gasteiger charge is -2.08. The van der Waals surface area contributed by atoms with Crippen molar-refractivity contribution in [2.45, 2.75) is 20.4 Å². The van der Waals surface area contributed by atoms with E-state index in [1.165, 1.54) is 12.1 Å². The van der Waals surface area contributed by atoms with E-state index in [0.29, 0.717) is 29.3 Å². The van der Waals surface area contributed by atoms with Crippen molar-refractivity contribution >= 4 is 5.69 Å². The first-order valence-electron chi connectivity index (χ1n) is 7.01. The third-order valence-electron chi connectivity index (χ3n) is 3.10. The number of aromatic amines is 1. The Morgan fingerprint density at radius 1 is 1.36 bits per heavy atom. The first-order chi connectivity index (χ1) is 10.5. The van der Waals surface area contributed by atoms with Gasteiger partial charge in [-0.2, -0.15) is 5.10 Å². The number of aromatic nitrogens is 2. The molecular formula is C15H18N4O3. The maximum Gasteiger partial charge on any atom is 0.270 e. The predicted molar refractivity (Wildman–Crippen MR) is 83.5 cm³/mol. The summed E-state index contributed by atoms with van der Waals surface area (Å²) in [6.45, 7) is 5.39. The summed E-state index contributed by atoms with van der Waals surface area (Å²) in [5.41, 5.74) is 1.38. The highest BCUT2D eigenvalue weighted by Gasteiger charge is 2.10. The molecule has 0 saturated carbocycles. The fourth-order valence-corrected chi connectivity index (χ4v) is 2.00. The van der Waals surface area contributed by atoms with Crippen LogP contribution in [-0.4, -0.2) is 21.7 Å². The van der Waals surface area contributed by atoms with E-state index in [2.05, 4.69) is 29.4 Å². The zero-order chi connectivity index (χ0) is 16.1. The largest absolute Gasteiger partial charge is 0.312 e. The Morgan fingerprint density at radius 2 is 2.14 bits per heavy atom. The van der Waals surface area contributed by atoms with Crippen molar-refractivity contribution in [3.63, 3.8) is 0 Å². The Kier molecular flexibility index (Phi) is 5.00. The van der Waals surface area contributed by atoms with Gasteiger partial charge in [-0.05, 0) is 18.5 Å². The van der Waals surface area contributed by atoms with Gasteiger partial charge in [0.05, 0.1) is 10.6 Å². The molecule has 0 atom stereocenters. The molecule has 2 N–H and O–H groups in total. The number of rotatable bonds is 6. The van der Waals surface area contributed by atoms with E-state index in [1.807, 2.05) is 0 Å². The Hall–Kier alpha value is -2.54. The Bertz CT molecular complexity index is 725. The summed E-state index contributed by atoms with van der Waals surface area (Å²) in [5, 5.41) is 20.4. The van der Waals surface area contributed by atoms with Gasteiger partial charge in [0.15, 0.2) is 0 Å². The second-order valence-electron chi connectivity index (χ2n) is 5.44. The summed E-state index contributed by atoms with van der Waals surface area (Å²) in [4.78, 5) is 22.2. The average Bonchev–Trinajstić information content (AvgIpc) is 2.49. The predicted octanol–water partition coefficient (Wildman–Crippen LogP) is 2.09. The summed E-state index contributed by atoms with van der Waals surface area (Å²) < 4.78 is 0. The summed E-state index contributed by atoms with van der Waals surface area (Å²) in [7, 11) is 0. The molecule has 0 amide bonds. The lowest BCUT2D eigenvalue weighted by Crippen LogP contribution is -2.24. The molecule has 1 aromatic heterocycles. The zero-order valence-electron chi connectivity index (χ0n) is 12.5. The van der Waals surface area contributed by atoms with Crippen molar-refractivity contribution in [1.82, 2.24) is 15.5 Å². The Morgan fingerprint density at radius 3 is 2.82 bits per heavy atom. The first-order valence-corrected chi connectivity index (χ1v) is 7.01. The molecule has 0 aliphatic rings. The van der Waals surface area contributed by atoms with Gasteiger partial charge in [-0.25, -0.2) is 5.10 Å². The molecule has 1 heterocycles. The summed E-state index contributed by atoms with van der Waals surface area (Å²) in [6.07, 6.45) is 0.